The molecule has 1 aliphatic carbocycles. The van der Waals surface area contributed by atoms with Gasteiger partial charge in [-0.3, -0.25) is 9.59 Å². The Balaban J connectivity index is 2.23. The van der Waals surface area contributed by atoms with Crippen molar-refractivity contribution in [3.8, 4) is 0 Å². The number of carbonyl (C=O) groups excluding carboxylic acids is 2. The van der Waals surface area contributed by atoms with Crippen LogP contribution in [0.25, 0.3) is 0 Å². The second-order valence-corrected chi connectivity index (χ2v) is 5.23. The number of carbonyl (C=O) groups is 2. The molecule has 1 unspecified atom stereocenters. The summed E-state index contributed by atoms with van der Waals surface area (Å²) in [5.41, 5.74) is 0.442. The number of ether oxygens (including phenoxy) is 1. The fourth-order valence-corrected chi connectivity index (χ4v) is 2.85. The normalized spacial score (nSPS) is 23.1. The third-order valence-corrected chi connectivity index (χ3v) is 3.74. The molecular weight excluding hydrogens is 240 g/mol. The van der Waals surface area contributed by atoms with E-state index >= 15 is 0 Å². The summed E-state index contributed by atoms with van der Waals surface area (Å²) in [4.78, 5) is 24.1. The largest absolute Gasteiger partial charge is 0.466 e. The maximum absolute atomic E-state index is 12.3. The molecule has 2 rings (SSSR count). The van der Waals surface area contributed by atoms with Crippen LogP contribution in [0.5, 0.6) is 0 Å². The molecule has 1 fully saturated rings. The molecule has 0 amide bonds. The average molecular weight is 260 g/mol. The van der Waals surface area contributed by atoms with Gasteiger partial charge in [0, 0.05) is 12.8 Å². The van der Waals surface area contributed by atoms with Crippen LogP contribution in [0.4, 0.5) is 0 Å². The monoisotopic (exact) mass is 260 g/mol. The predicted octanol–water partition coefficient (Wildman–Crippen LogP) is 2.92. The third kappa shape index (κ3) is 3.22. The highest BCUT2D eigenvalue weighted by molar-refractivity contribution is 5.88. The van der Waals surface area contributed by atoms with E-state index in [9.17, 15) is 9.59 Å². The Labute approximate surface area is 114 Å². The fourth-order valence-electron chi connectivity index (χ4n) is 2.85. The zero-order chi connectivity index (χ0) is 13.7. The lowest BCUT2D eigenvalue weighted by molar-refractivity contribution is -0.159. The maximum Gasteiger partial charge on any atom is 0.312 e. The molecule has 0 spiro atoms. The van der Waals surface area contributed by atoms with Crippen LogP contribution >= 0.6 is 0 Å². The van der Waals surface area contributed by atoms with E-state index in [1.54, 1.807) is 6.92 Å². The Bertz CT molecular complexity index is 452. The summed E-state index contributed by atoms with van der Waals surface area (Å²) in [5.74, 6) is -0.0397. The molecule has 3 heteroatoms. The van der Waals surface area contributed by atoms with E-state index in [0.717, 1.165) is 18.4 Å². The van der Waals surface area contributed by atoms with E-state index in [4.69, 9.17) is 4.74 Å². The highest BCUT2D eigenvalue weighted by Crippen LogP contribution is 2.39. The number of benzene rings is 1. The van der Waals surface area contributed by atoms with E-state index < -0.39 is 5.41 Å². The molecule has 0 bridgehead atoms. The number of rotatable bonds is 4. The van der Waals surface area contributed by atoms with Gasteiger partial charge in [-0.15, -0.1) is 0 Å². The summed E-state index contributed by atoms with van der Waals surface area (Å²) >= 11 is 0. The lowest BCUT2D eigenvalue weighted by atomic mass is 9.70. The van der Waals surface area contributed by atoms with Gasteiger partial charge in [0.05, 0.1) is 12.0 Å². The first kappa shape index (κ1) is 13.8. The fraction of sp³-hybridized carbons (Fsp3) is 0.500. The smallest absolute Gasteiger partial charge is 0.312 e. The van der Waals surface area contributed by atoms with Crippen LogP contribution in [0.1, 0.15) is 38.2 Å². The van der Waals surface area contributed by atoms with Gasteiger partial charge in [-0.25, -0.2) is 0 Å². The molecular formula is C16H20O3. The summed E-state index contributed by atoms with van der Waals surface area (Å²) in [6.07, 6.45) is 3.03. The molecule has 1 atom stereocenters. The quantitative estimate of drug-likeness (QED) is 0.782. The molecule has 19 heavy (non-hydrogen) atoms. The van der Waals surface area contributed by atoms with Crippen molar-refractivity contribution in [3.63, 3.8) is 0 Å². The van der Waals surface area contributed by atoms with Gasteiger partial charge in [-0.05, 0) is 31.7 Å². The van der Waals surface area contributed by atoms with Gasteiger partial charge in [0.2, 0.25) is 0 Å². The van der Waals surface area contributed by atoms with Crippen molar-refractivity contribution >= 4 is 11.8 Å². The zero-order valence-corrected chi connectivity index (χ0v) is 11.4. The van der Waals surface area contributed by atoms with Crippen molar-refractivity contribution in [1.29, 1.82) is 0 Å². The first-order valence-corrected chi connectivity index (χ1v) is 6.89. The average Bonchev–Trinajstić information content (AvgIpc) is 2.40. The molecule has 1 aromatic carbocycles. The maximum atomic E-state index is 12.3. The lowest BCUT2D eigenvalue weighted by Crippen LogP contribution is -2.40. The lowest BCUT2D eigenvalue weighted by Gasteiger charge is -2.34. The van der Waals surface area contributed by atoms with Gasteiger partial charge in [0.1, 0.15) is 5.78 Å². The van der Waals surface area contributed by atoms with Gasteiger partial charge in [0.15, 0.2) is 0 Å². The third-order valence-electron chi connectivity index (χ3n) is 3.74. The minimum absolute atomic E-state index is 0.176. The van der Waals surface area contributed by atoms with Crippen LogP contribution in [0, 0.1) is 5.41 Å². The molecule has 0 aromatic heterocycles. The minimum atomic E-state index is -0.646. The number of hydrogen-bond acceptors (Lipinski definition) is 3. The van der Waals surface area contributed by atoms with Gasteiger partial charge in [-0.1, -0.05) is 30.3 Å². The molecule has 3 nitrogen and oxygen atoms in total. The van der Waals surface area contributed by atoms with E-state index in [1.165, 1.54) is 0 Å². The predicted molar refractivity (Wildman–Crippen MR) is 72.7 cm³/mol. The van der Waals surface area contributed by atoms with E-state index in [2.05, 4.69) is 0 Å². The molecule has 1 saturated carbocycles. The van der Waals surface area contributed by atoms with Crippen LogP contribution in [-0.4, -0.2) is 18.4 Å². The Kier molecular flexibility index (Phi) is 4.35. The second-order valence-electron chi connectivity index (χ2n) is 5.23. The minimum Gasteiger partial charge on any atom is -0.466 e. The molecule has 1 aliphatic rings. The number of hydrogen-bond donors (Lipinski definition) is 0. The van der Waals surface area contributed by atoms with Crippen LogP contribution in [0.2, 0.25) is 0 Å². The standard InChI is InChI=1S/C16H20O3/c1-2-19-15(18)16(10-6-9-14(17)12-16)11-13-7-4-3-5-8-13/h3-5,7-8H,2,6,9-12H2,1H3. The molecule has 1 aromatic rings. The molecule has 0 heterocycles. The number of ketones is 1. The SMILES string of the molecule is CCOC(=O)C1(Cc2ccccc2)CCCC(=O)C1. The number of Topliss-reactive ketones (excluding diaryl/α,β-unsaturated/α-hetero) is 1. The van der Waals surface area contributed by atoms with Gasteiger partial charge >= 0.3 is 5.97 Å². The van der Waals surface area contributed by atoms with Crippen molar-refractivity contribution in [1.82, 2.24) is 0 Å². The van der Waals surface area contributed by atoms with E-state index in [-0.39, 0.29) is 11.8 Å². The van der Waals surface area contributed by atoms with E-state index in [1.807, 2.05) is 30.3 Å². The summed E-state index contributed by atoms with van der Waals surface area (Å²) in [5, 5.41) is 0. The van der Waals surface area contributed by atoms with Gasteiger partial charge in [0.25, 0.3) is 0 Å². The summed E-state index contributed by atoms with van der Waals surface area (Å²) in [6.45, 7) is 2.17. The molecule has 0 aliphatic heterocycles. The van der Waals surface area contributed by atoms with Crippen molar-refractivity contribution in [2.45, 2.75) is 39.0 Å². The summed E-state index contributed by atoms with van der Waals surface area (Å²) in [6, 6.07) is 9.87. The number of esters is 1. The van der Waals surface area contributed by atoms with Crippen LogP contribution in [0.15, 0.2) is 30.3 Å². The Hall–Kier alpha value is -1.64. The molecule has 0 radical (unpaired) electrons. The first-order valence-electron chi connectivity index (χ1n) is 6.89. The molecule has 102 valence electrons. The van der Waals surface area contributed by atoms with Crippen LogP contribution in [0.3, 0.4) is 0 Å². The van der Waals surface area contributed by atoms with Crippen LogP contribution < -0.4 is 0 Å². The summed E-state index contributed by atoms with van der Waals surface area (Å²) in [7, 11) is 0. The first-order chi connectivity index (χ1) is 9.16. The highest BCUT2D eigenvalue weighted by Gasteiger charge is 2.43. The molecule has 0 saturated heterocycles. The Morgan fingerprint density at radius 3 is 2.68 bits per heavy atom. The summed E-state index contributed by atoms with van der Waals surface area (Å²) < 4.78 is 5.21. The van der Waals surface area contributed by atoms with Gasteiger partial charge in [-0.2, -0.15) is 0 Å². The van der Waals surface area contributed by atoms with Crippen molar-refractivity contribution in [3.05, 3.63) is 35.9 Å². The second kappa shape index (κ2) is 6.00. The van der Waals surface area contributed by atoms with Crippen molar-refractivity contribution in [2.75, 3.05) is 6.61 Å². The molecule has 0 N–H and O–H groups in total. The van der Waals surface area contributed by atoms with Crippen LogP contribution in [-0.2, 0) is 20.7 Å². The topological polar surface area (TPSA) is 43.4 Å². The van der Waals surface area contributed by atoms with Crippen molar-refractivity contribution < 1.29 is 14.3 Å². The Morgan fingerprint density at radius 1 is 1.32 bits per heavy atom. The van der Waals surface area contributed by atoms with E-state index in [0.29, 0.717) is 25.9 Å². The highest BCUT2D eigenvalue weighted by atomic mass is 16.5. The Morgan fingerprint density at radius 2 is 2.05 bits per heavy atom. The zero-order valence-electron chi connectivity index (χ0n) is 11.4. The van der Waals surface area contributed by atoms with Crippen molar-refractivity contribution in [2.24, 2.45) is 5.41 Å². The van der Waals surface area contributed by atoms with Gasteiger partial charge < -0.3 is 4.74 Å².